The highest BCUT2D eigenvalue weighted by Crippen LogP contribution is 2.20. The number of nitriles is 2. The number of nitrogens with zero attached hydrogens (tertiary/aromatic N) is 6. The Kier molecular flexibility index (Phi) is 11.4. The summed E-state index contributed by atoms with van der Waals surface area (Å²) in [4.78, 5) is 42.0. The van der Waals surface area contributed by atoms with Crippen LogP contribution in [-0.4, -0.2) is 44.4 Å². The molecule has 0 saturated carbocycles. The lowest BCUT2D eigenvalue weighted by Crippen LogP contribution is -2.02. The van der Waals surface area contributed by atoms with Crippen molar-refractivity contribution in [3.63, 3.8) is 0 Å². The molecule has 0 N–H and O–H groups in total. The Bertz CT molecular complexity index is 1700. The molecule has 4 rings (SSSR count). The van der Waals surface area contributed by atoms with Crippen molar-refractivity contribution in [2.45, 2.75) is 23.3 Å². The molecule has 0 spiro atoms. The van der Waals surface area contributed by atoms with Crippen molar-refractivity contribution in [1.82, 2.24) is 19.9 Å². The first-order chi connectivity index (χ1) is 21.4. The van der Waals surface area contributed by atoms with Gasteiger partial charge < -0.3 is 9.47 Å². The Hall–Kier alpha value is -5.30. The van der Waals surface area contributed by atoms with Crippen LogP contribution in [0.25, 0.3) is 23.5 Å². The van der Waals surface area contributed by atoms with Crippen LogP contribution < -0.4 is 0 Å². The molecule has 44 heavy (non-hydrogen) atoms. The first kappa shape index (κ1) is 31.6. The molecule has 0 radical (unpaired) electrons. The summed E-state index contributed by atoms with van der Waals surface area (Å²) in [6.45, 7) is 0.0391. The minimum atomic E-state index is -0.545. The molecule has 0 amide bonds. The highest BCUT2D eigenvalue weighted by molar-refractivity contribution is 7.98. The predicted molar refractivity (Wildman–Crippen MR) is 167 cm³/mol. The van der Waals surface area contributed by atoms with E-state index in [9.17, 15) is 9.59 Å². The van der Waals surface area contributed by atoms with E-state index in [0.717, 1.165) is 0 Å². The van der Waals surface area contributed by atoms with Gasteiger partial charge in [-0.15, -0.1) is 23.5 Å². The Balaban J connectivity index is 1.32. The van der Waals surface area contributed by atoms with Gasteiger partial charge in [0.1, 0.15) is 35.4 Å². The van der Waals surface area contributed by atoms with Crippen molar-refractivity contribution in [2.75, 3.05) is 12.5 Å². The number of ether oxygens (including phenoxy) is 2. The number of hydrogen-bond acceptors (Lipinski definition) is 12. The van der Waals surface area contributed by atoms with E-state index in [2.05, 4.69) is 32.1 Å². The van der Waals surface area contributed by atoms with Crippen molar-refractivity contribution in [3.8, 4) is 23.5 Å². The maximum Gasteiger partial charge on any atom is 0.331 e. The van der Waals surface area contributed by atoms with Crippen LogP contribution in [0.4, 0.5) is 0 Å². The van der Waals surface area contributed by atoms with Gasteiger partial charge in [0.25, 0.3) is 0 Å². The number of pyridine rings is 4. The maximum atomic E-state index is 12.3. The van der Waals surface area contributed by atoms with E-state index in [4.69, 9.17) is 20.0 Å². The molecular weight excluding hydrogens is 597 g/mol. The van der Waals surface area contributed by atoms with Crippen molar-refractivity contribution >= 4 is 47.6 Å². The van der Waals surface area contributed by atoms with Crippen LogP contribution in [-0.2, 0) is 32.3 Å². The molecule has 0 aliphatic carbocycles. The number of carbonyl (C=O) groups is 2. The van der Waals surface area contributed by atoms with Crippen LogP contribution in [0, 0.1) is 22.7 Å². The smallest absolute Gasteiger partial charge is 0.331 e. The van der Waals surface area contributed by atoms with Crippen LogP contribution in [0.2, 0.25) is 0 Å². The standard InChI is InChI=1S/C32H24N6O4S2/c1-43-31-23(17-33)3-5-25(37-31)7-9-29(39)41-19-21-11-13-35-27(15-21)28-16-22(12-14-36-28)20-42-30(40)10-8-26-6-4-24(18-34)32(38-26)44-2/h3-16H,19-20H2,1-2H3/b9-7+,10-8+. The van der Waals surface area contributed by atoms with Crippen LogP contribution >= 0.6 is 23.5 Å². The number of esters is 2. The molecule has 0 fully saturated rings. The van der Waals surface area contributed by atoms with Gasteiger partial charge in [-0.05, 0) is 84.3 Å². The molecule has 4 aromatic rings. The highest BCUT2D eigenvalue weighted by atomic mass is 32.2. The molecule has 0 atom stereocenters. The molecule has 0 aliphatic rings. The minimum Gasteiger partial charge on any atom is -0.458 e. The first-order valence-corrected chi connectivity index (χ1v) is 15.4. The highest BCUT2D eigenvalue weighted by Gasteiger charge is 2.08. The topological polar surface area (TPSA) is 152 Å². The summed E-state index contributed by atoms with van der Waals surface area (Å²) in [6, 6.07) is 17.8. The number of thioether (sulfide) groups is 2. The second-order valence-electron chi connectivity index (χ2n) is 8.79. The van der Waals surface area contributed by atoms with Crippen LogP contribution in [0.5, 0.6) is 0 Å². The van der Waals surface area contributed by atoms with E-state index >= 15 is 0 Å². The molecule has 218 valence electrons. The molecular formula is C32H24N6O4S2. The van der Waals surface area contributed by atoms with E-state index in [1.807, 2.05) is 12.5 Å². The van der Waals surface area contributed by atoms with Gasteiger partial charge >= 0.3 is 11.9 Å². The lowest BCUT2D eigenvalue weighted by atomic mass is 10.1. The van der Waals surface area contributed by atoms with Gasteiger partial charge in [0.05, 0.1) is 33.9 Å². The van der Waals surface area contributed by atoms with Crippen LogP contribution in [0.15, 0.2) is 83.1 Å². The summed E-state index contributed by atoms with van der Waals surface area (Å²) in [5, 5.41) is 19.4. The zero-order valence-electron chi connectivity index (χ0n) is 23.6. The normalized spacial score (nSPS) is 10.8. The zero-order valence-corrected chi connectivity index (χ0v) is 25.3. The average molecular weight is 621 g/mol. The fourth-order valence-electron chi connectivity index (χ4n) is 3.70. The predicted octanol–water partition coefficient (Wildman–Crippen LogP) is 5.63. The van der Waals surface area contributed by atoms with E-state index in [1.165, 1.54) is 47.8 Å². The molecule has 0 unspecified atom stereocenters. The Labute approximate surface area is 262 Å². The van der Waals surface area contributed by atoms with E-state index in [0.29, 0.717) is 55.1 Å². The summed E-state index contributed by atoms with van der Waals surface area (Å²) in [6.07, 6.45) is 12.5. The lowest BCUT2D eigenvalue weighted by molar-refractivity contribution is -0.139. The van der Waals surface area contributed by atoms with Crippen LogP contribution in [0.1, 0.15) is 33.6 Å². The maximum absolute atomic E-state index is 12.3. The van der Waals surface area contributed by atoms with Gasteiger partial charge in [0.2, 0.25) is 0 Å². The monoisotopic (exact) mass is 620 g/mol. The van der Waals surface area contributed by atoms with Gasteiger partial charge in [0.15, 0.2) is 0 Å². The fraction of sp³-hybridized carbons (Fsp3) is 0.125. The molecule has 0 aliphatic heterocycles. The molecule has 0 bridgehead atoms. The van der Waals surface area contributed by atoms with E-state index in [1.54, 1.807) is 60.9 Å². The van der Waals surface area contributed by atoms with Gasteiger partial charge in [0, 0.05) is 24.5 Å². The second-order valence-corrected chi connectivity index (χ2v) is 10.4. The van der Waals surface area contributed by atoms with Gasteiger partial charge in [-0.3, -0.25) is 9.97 Å². The zero-order chi connectivity index (χ0) is 31.3. The molecule has 4 aromatic heterocycles. The number of hydrogen-bond donors (Lipinski definition) is 0. The Morgan fingerprint density at radius 1 is 0.727 bits per heavy atom. The third-order valence-corrected chi connectivity index (χ3v) is 7.24. The Morgan fingerprint density at radius 2 is 1.16 bits per heavy atom. The average Bonchev–Trinajstić information content (AvgIpc) is 3.07. The van der Waals surface area contributed by atoms with Gasteiger partial charge in [-0.2, -0.15) is 10.5 Å². The quantitative estimate of drug-likeness (QED) is 0.116. The van der Waals surface area contributed by atoms with Crippen molar-refractivity contribution in [2.24, 2.45) is 0 Å². The third-order valence-electron chi connectivity index (χ3n) is 5.84. The number of aromatic nitrogens is 4. The molecule has 0 saturated heterocycles. The lowest BCUT2D eigenvalue weighted by Gasteiger charge is -2.07. The molecule has 4 heterocycles. The molecule has 0 aromatic carbocycles. The van der Waals surface area contributed by atoms with Gasteiger partial charge in [-0.25, -0.2) is 19.6 Å². The van der Waals surface area contributed by atoms with Crippen molar-refractivity contribution in [1.29, 1.82) is 10.5 Å². The Morgan fingerprint density at radius 3 is 1.55 bits per heavy atom. The molecule has 10 nitrogen and oxygen atoms in total. The summed E-state index contributed by atoms with van der Waals surface area (Å²) in [5.41, 5.74) is 4.57. The van der Waals surface area contributed by atoms with E-state index < -0.39 is 11.9 Å². The SMILES string of the molecule is CSc1nc(/C=C/C(=O)OCc2ccnc(-c3cc(COC(=O)/C=C/c4ccc(C#N)c(SC)n4)ccn3)c2)ccc1C#N. The summed E-state index contributed by atoms with van der Waals surface area (Å²) >= 11 is 2.71. The largest absolute Gasteiger partial charge is 0.458 e. The summed E-state index contributed by atoms with van der Waals surface area (Å²) < 4.78 is 10.7. The summed E-state index contributed by atoms with van der Waals surface area (Å²) in [5.74, 6) is -1.09. The first-order valence-electron chi connectivity index (χ1n) is 12.9. The number of carbonyl (C=O) groups excluding carboxylic acids is 2. The third kappa shape index (κ3) is 8.85. The number of rotatable bonds is 11. The minimum absolute atomic E-state index is 0.0196. The van der Waals surface area contributed by atoms with Gasteiger partial charge in [-0.1, -0.05) is 0 Å². The second kappa shape index (κ2) is 15.8. The van der Waals surface area contributed by atoms with Crippen molar-refractivity contribution in [3.05, 3.63) is 107 Å². The van der Waals surface area contributed by atoms with Crippen molar-refractivity contribution < 1.29 is 19.1 Å². The molecule has 12 heteroatoms. The van der Waals surface area contributed by atoms with E-state index in [-0.39, 0.29) is 13.2 Å². The fourth-order valence-corrected chi connectivity index (χ4v) is 4.76. The van der Waals surface area contributed by atoms with Crippen LogP contribution in [0.3, 0.4) is 0 Å². The summed E-state index contributed by atoms with van der Waals surface area (Å²) in [7, 11) is 0.